The zero-order chi connectivity index (χ0) is 19.7. The fourth-order valence-corrected chi connectivity index (χ4v) is 3.86. The first kappa shape index (κ1) is 18.4. The molecule has 1 amide bonds. The van der Waals surface area contributed by atoms with Crippen molar-refractivity contribution in [3.63, 3.8) is 0 Å². The molecule has 1 aliphatic heterocycles. The number of carbonyl (C=O) groups excluding carboxylic acids is 1. The van der Waals surface area contributed by atoms with E-state index in [4.69, 9.17) is 21.1 Å². The predicted molar refractivity (Wildman–Crippen MR) is 110 cm³/mol. The smallest absolute Gasteiger partial charge is 0.232 e. The summed E-state index contributed by atoms with van der Waals surface area (Å²) in [6.45, 7) is 0. The van der Waals surface area contributed by atoms with Crippen molar-refractivity contribution in [3.05, 3.63) is 88.4 Å². The van der Waals surface area contributed by atoms with Gasteiger partial charge in [0.2, 0.25) is 5.91 Å². The molecule has 5 heteroatoms. The van der Waals surface area contributed by atoms with Gasteiger partial charge in [0.1, 0.15) is 0 Å². The first-order chi connectivity index (χ1) is 13.6. The molecule has 0 aromatic heterocycles. The lowest BCUT2D eigenvalue weighted by Gasteiger charge is -2.38. The van der Waals surface area contributed by atoms with Gasteiger partial charge in [0.05, 0.1) is 26.7 Å². The van der Waals surface area contributed by atoms with Crippen molar-refractivity contribution in [2.24, 2.45) is 0 Å². The number of carbonyl (C=O) groups is 1. The normalized spacial score (nSPS) is 15.9. The van der Waals surface area contributed by atoms with E-state index in [1.807, 2.05) is 71.6 Å². The maximum Gasteiger partial charge on any atom is 0.232 e. The molecule has 0 spiro atoms. The molecule has 0 radical (unpaired) electrons. The Morgan fingerprint density at radius 3 is 2.21 bits per heavy atom. The Labute approximate surface area is 169 Å². The first-order valence-corrected chi connectivity index (χ1v) is 9.37. The maximum absolute atomic E-state index is 13.2. The average Bonchev–Trinajstić information content (AvgIpc) is 2.73. The number of amides is 1. The van der Waals surface area contributed by atoms with Crippen molar-refractivity contribution in [1.82, 2.24) is 0 Å². The highest BCUT2D eigenvalue weighted by molar-refractivity contribution is 6.30. The van der Waals surface area contributed by atoms with Crippen molar-refractivity contribution < 1.29 is 14.3 Å². The Morgan fingerprint density at radius 1 is 0.929 bits per heavy atom. The van der Waals surface area contributed by atoms with E-state index < -0.39 is 0 Å². The summed E-state index contributed by atoms with van der Waals surface area (Å²) in [4.78, 5) is 15.0. The molecule has 0 saturated carbocycles. The number of nitrogens with zero attached hydrogens (tertiary/aromatic N) is 1. The topological polar surface area (TPSA) is 38.8 Å². The molecule has 1 heterocycles. The van der Waals surface area contributed by atoms with Crippen LogP contribution >= 0.6 is 11.6 Å². The van der Waals surface area contributed by atoms with E-state index in [0.29, 0.717) is 22.9 Å². The second-order valence-electron chi connectivity index (χ2n) is 6.64. The number of methoxy groups -OCH3 is 2. The highest BCUT2D eigenvalue weighted by Crippen LogP contribution is 2.43. The third-order valence-corrected chi connectivity index (χ3v) is 5.28. The number of hydrogen-bond acceptors (Lipinski definition) is 3. The number of ether oxygens (including phenoxy) is 2. The summed E-state index contributed by atoms with van der Waals surface area (Å²) in [6, 6.07) is 20.9. The third kappa shape index (κ3) is 3.20. The fourth-order valence-electron chi connectivity index (χ4n) is 3.73. The summed E-state index contributed by atoms with van der Waals surface area (Å²) in [7, 11) is 3.21. The largest absolute Gasteiger partial charge is 0.493 e. The lowest BCUT2D eigenvalue weighted by Crippen LogP contribution is -2.41. The van der Waals surface area contributed by atoms with Crippen molar-refractivity contribution in [2.45, 2.75) is 12.5 Å². The summed E-state index contributed by atoms with van der Waals surface area (Å²) in [6.07, 6.45) is 0.300. The number of benzene rings is 3. The zero-order valence-corrected chi connectivity index (χ0v) is 16.4. The summed E-state index contributed by atoms with van der Waals surface area (Å²) in [5.41, 5.74) is 3.79. The lowest BCUT2D eigenvalue weighted by atomic mass is 9.87. The Hall–Kier alpha value is -2.98. The minimum Gasteiger partial charge on any atom is -0.493 e. The highest BCUT2D eigenvalue weighted by Gasteiger charge is 2.35. The Morgan fingerprint density at radius 2 is 1.57 bits per heavy atom. The third-order valence-electron chi connectivity index (χ3n) is 5.03. The molecule has 0 saturated heterocycles. The summed E-state index contributed by atoms with van der Waals surface area (Å²) in [5, 5.41) is 0.657. The SMILES string of the molecule is COc1cc2c(cc1OC)[C@@H](c1ccc(Cl)cc1)N(c1ccccc1)C(=O)C2. The summed E-state index contributed by atoms with van der Waals surface area (Å²) < 4.78 is 11.0. The van der Waals surface area contributed by atoms with Crippen LogP contribution in [0.4, 0.5) is 5.69 Å². The number of hydrogen-bond donors (Lipinski definition) is 0. The molecular formula is C23H20ClNO3. The van der Waals surface area contributed by atoms with E-state index in [0.717, 1.165) is 22.4 Å². The van der Waals surface area contributed by atoms with E-state index in [2.05, 4.69) is 0 Å². The highest BCUT2D eigenvalue weighted by atomic mass is 35.5. The average molecular weight is 394 g/mol. The Balaban J connectivity index is 1.94. The van der Waals surface area contributed by atoms with Crippen LogP contribution < -0.4 is 14.4 Å². The van der Waals surface area contributed by atoms with Crippen LogP contribution in [-0.2, 0) is 11.2 Å². The molecule has 0 fully saturated rings. The van der Waals surface area contributed by atoms with Gasteiger partial charge in [0, 0.05) is 10.7 Å². The number of anilines is 1. The molecule has 4 rings (SSSR count). The quantitative estimate of drug-likeness (QED) is 0.623. The molecule has 0 aliphatic carbocycles. The van der Waals surface area contributed by atoms with E-state index in [-0.39, 0.29) is 11.9 Å². The van der Waals surface area contributed by atoms with Gasteiger partial charge in [-0.25, -0.2) is 0 Å². The van der Waals surface area contributed by atoms with Crippen molar-refractivity contribution in [2.75, 3.05) is 19.1 Å². The standard InChI is InChI=1S/C23H20ClNO3/c1-27-20-12-16-13-22(26)25(18-6-4-3-5-7-18)23(19(16)14-21(20)28-2)15-8-10-17(24)11-9-15/h3-12,14,23H,13H2,1-2H3/t23-/m1/s1. The van der Waals surface area contributed by atoms with Gasteiger partial charge in [0.25, 0.3) is 0 Å². The number of rotatable bonds is 4. The lowest BCUT2D eigenvalue weighted by molar-refractivity contribution is -0.118. The van der Waals surface area contributed by atoms with Gasteiger partial charge in [-0.3, -0.25) is 4.79 Å². The van der Waals surface area contributed by atoms with Crippen LogP contribution in [0.25, 0.3) is 0 Å². The van der Waals surface area contributed by atoms with E-state index in [1.54, 1.807) is 14.2 Å². The van der Waals surface area contributed by atoms with Gasteiger partial charge in [-0.2, -0.15) is 0 Å². The van der Waals surface area contributed by atoms with Crippen LogP contribution in [0.3, 0.4) is 0 Å². The van der Waals surface area contributed by atoms with E-state index in [1.165, 1.54) is 0 Å². The van der Waals surface area contributed by atoms with Crippen LogP contribution in [0, 0.1) is 0 Å². The molecule has 3 aromatic rings. The zero-order valence-electron chi connectivity index (χ0n) is 15.7. The van der Waals surface area contributed by atoms with Gasteiger partial charge in [0.15, 0.2) is 11.5 Å². The molecule has 28 heavy (non-hydrogen) atoms. The van der Waals surface area contributed by atoms with Crippen molar-refractivity contribution in [1.29, 1.82) is 0 Å². The summed E-state index contributed by atoms with van der Waals surface area (Å²) >= 11 is 6.10. The minimum absolute atomic E-state index is 0.0332. The second-order valence-corrected chi connectivity index (χ2v) is 7.07. The molecule has 0 N–H and O–H groups in total. The molecule has 1 atom stereocenters. The first-order valence-electron chi connectivity index (χ1n) is 8.99. The van der Waals surface area contributed by atoms with Gasteiger partial charge in [-0.15, -0.1) is 0 Å². The van der Waals surface area contributed by atoms with Gasteiger partial charge < -0.3 is 14.4 Å². The van der Waals surface area contributed by atoms with Crippen LogP contribution in [-0.4, -0.2) is 20.1 Å². The molecular weight excluding hydrogens is 374 g/mol. The fraction of sp³-hybridized carbons (Fsp3) is 0.174. The monoisotopic (exact) mass is 393 g/mol. The molecule has 142 valence electrons. The van der Waals surface area contributed by atoms with Crippen LogP contribution in [0.2, 0.25) is 5.02 Å². The van der Waals surface area contributed by atoms with Gasteiger partial charge >= 0.3 is 0 Å². The number of fused-ring (bicyclic) bond motifs is 1. The Bertz CT molecular complexity index is 1000. The van der Waals surface area contributed by atoms with Crippen molar-refractivity contribution >= 4 is 23.2 Å². The van der Waals surface area contributed by atoms with Gasteiger partial charge in [-0.1, -0.05) is 41.9 Å². The molecule has 1 aliphatic rings. The van der Waals surface area contributed by atoms with Crippen LogP contribution in [0.5, 0.6) is 11.5 Å². The number of para-hydroxylation sites is 1. The summed E-state index contributed by atoms with van der Waals surface area (Å²) in [5.74, 6) is 1.30. The Kier molecular flexibility index (Phi) is 4.97. The maximum atomic E-state index is 13.2. The van der Waals surface area contributed by atoms with E-state index in [9.17, 15) is 4.79 Å². The molecule has 0 unspecified atom stereocenters. The molecule has 0 bridgehead atoms. The predicted octanol–water partition coefficient (Wildman–Crippen LogP) is 5.04. The van der Waals surface area contributed by atoms with Crippen molar-refractivity contribution in [3.8, 4) is 11.5 Å². The van der Waals surface area contributed by atoms with Crippen LogP contribution in [0.1, 0.15) is 22.7 Å². The molecule has 3 aromatic carbocycles. The number of halogens is 1. The van der Waals surface area contributed by atoms with E-state index >= 15 is 0 Å². The molecule has 4 nitrogen and oxygen atoms in total. The minimum atomic E-state index is -0.282. The van der Waals surface area contributed by atoms with Crippen LogP contribution in [0.15, 0.2) is 66.7 Å². The second kappa shape index (κ2) is 7.56. The van der Waals surface area contributed by atoms with Gasteiger partial charge in [-0.05, 0) is 53.1 Å².